The molecule has 1 aliphatic heterocycles. The Morgan fingerprint density at radius 3 is 2.15 bits per heavy atom. The third-order valence-electron chi connectivity index (χ3n) is 4.80. The van der Waals surface area contributed by atoms with Crippen LogP contribution >= 0.6 is 0 Å². The first kappa shape index (κ1) is 26.4. The van der Waals surface area contributed by atoms with Crippen LogP contribution in [0.15, 0.2) is 91.8 Å². The Morgan fingerprint density at radius 2 is 1.52 bits per heavy atom. The molecule has 0 aliphatic carbocycles. The van der Waals surface area contributed by atoms with Gasteiger partial charge in [0.15, 0.2) is 0 Å². The topological polar surface area (TPSA) is 83.0 Å². The summed E-state index contributed by atoms with van der Waals surface area (Å²) in [5.74, 6) is 0. The van der Waals surface area contributed by atoms with Gasteiger partial charge >= 0.3 is 0 Å². The van der Waals surface area contributed by atoms with E-state index in [1.165, 1.54) is 16.8 Å². The fourth-order valence-corrected chi connectivity index (χ4v) is 3.42. The fourth-order valence-electron chi connectivity index (χ4n) is 3.42. The molecule has 1 radical (unpaired) electrons. The van der Waals surface area contributed by atoms with Gasteiger partial charge in [-0.15, -0.1) is 0 Å². The summed E-state index contributed by atoms with van der Waals surface area (Å²) in [4.78, 5) is 12.1. The minimum absolute atomic E-state index is 0. The number of rotatable bonds is 3. The third kappa shape index (κ3) is 8.22. The molecule has 0 spiro atoms. The van der Waals surface area contributed by atoms with Crippen molar-refractivity contribution in [3.8, 4) is 22.5 Å². The first-order valence-electron chi connectivity index (χ1n) is 10.6. The number of fused-ring (bicyclic) bond motifs is 3. The van der Waals surface area contributed by atoms with Crippen LogP contribution in [0.5, 0.6) is 0 Å². The summed E-state index contributed by atoms with van der Waals surface area (Å²) < 4.78 is 2.17. The molecule has 2 N–H and O–H groups in total. The van der Waals surface area contributed by atoms with Crippen LogP contribution < -0.4 is 4.57 Å². The number of hydrogen-bond acceptors (Lipinski definition) is 5. The summed E-state index contributed by atoms with van der Waals surface area (Å²) in [5, 5.41) is 17.1. The zero-order chi connectivity index (χ0) is 22.8. The van der Waals surface area contributed by atoms with E-state index in [4.69, 9.17) is 10.2 Å². The molecule has 2 aromatic heterocycles. The predicted octanol–water partition coefficient (Wildman–Crippen LogP) is 3.68. The average molecular weight is 622 g/mol. The van der Waals surface area contributed by atoms with Crippen molar-refractivity contribution >= 4 is 0 Å². The van der Waals surface area contributed by atoms with Crippen LogP contribution in [0.25, 0.3) is 22.5 Å². The normalized spacial score (nSPS) is 12.4. The van der Waals surface area contributed by atoms with Crippen molar-refractivity contribution in [3.05, 3.63) is 97.3 Å². The standard InChI is InChI=1S/C11H9N2.C10H8N2.C5H12O2.Ir/c1-2-4-10-9(3-1)7-13-8-12-6-5-11(10)13;1-2-4-9(5-3-1)10-6-7-11-8-12-10;1-4(6)3-5(2)7;/h1-6,8H,7H2;1-8H;4-7H,3H2,1-2H3;/q+1;;;. The zero-order valence-corrected chi connectivity index (χ0v) is 21.1. The van der Waals surface area contributed by atoms with Crippen molar-refractivity contribution in [2.75, 3.05) is 0 Å². The largest absolute Gasteiger partial charge is 0.393 e. The molecule has 0 saturated carbocycles. The van der Waals surface area contributed by atoms with E-state index >= 15 is 0 Å². The second-order valence-corrected chi connectivity index (χ2v) is 7.64. The van der Waals surface area contributed by atoms with Crippen LogP contribution in [0, 0.1) is 0 Å². The molecule has 4 aromatic rings. The van der Waals surface area contributed by atoms with Crippen molar-refractivity contribution < 1.29 is 34.9 Å². The zero-order valence-electron chi connectivity index (χ0n) is 18.7. The van der Waals surface area contributed by atoms with Crippen LogP contribution in [0.2, 0.25) is 0 Å². The van der Waals surface area contributed by atoms with E-state index in [0.29, 0.717) is 6.42 Å². The Kier molecular flexibility index (Phi) is 10.9. The number of aromatic nitrogens is 4. The van der Waals surface area contributed by atoms with Gasteiger partial charge in [-0.2, -0.15) is 0 Å². The summed E-state index contributed by atoms with van der Waals surface area (Å²) in [6, 6.07) is 22.5. The molecule has 5 rings (SSSR count). The molecule has 0 amide bonds. The summed E-state index contributed by atoms with van der Waals surface area (Å²) >= 11 is 0. The molecule has 0 saturated heterocycles. The maximum Gasteiger partial charge on any atom is 0.286 e. The third-order valence-corrected chi connectivity index (χ3v) is 4.80. The Bertz CT molecular complexity index is 1010. The van der Waals surface area contributed by atoms with E-state index in [0.717, 1.165) is 17.8 Å². The van der Waals surface area contributed by atoms with Gasteiger partial charge in [0.05, 0.1) is 17.9 Å². The molecule has 2 aromatic carbocycles. The van der Waals surface area contributed by atoms with Gasteiger partial charge in [-0.3, -0.25) is 0 Å². The number of aliphatic hydroxyl groups excluding tert-OH is 2. The van der Waals surface area contributed by atoms with Gasteiger partial charge in [0.2, 0.25) is 0 Å². The Hall–Kier alpha value is -2.83. The Labute approximate surface area is 208 Å². The van der Waals surface area contributed by atoms with Gasteiger partial charge in [0, 0.05) is 49.1 Å². The maximum atomic E-state index is 8.56. The van der Waals surface area contributed by atoms with E-state index in [-0.39, 0.29) is 32.3 Å². The quantitative estimate of drug-likeness (QED) is 0.301. The summed E-state index contributed by atoms with van der Waals surface area (Å²) in [6.07, 6.45) is 6.75. The van der Waals surface area contributed by atoms with Crippen molar-refractivity contribution in [2.45, 2.75) is 39.0 Å². The van der Waals surface area contributed by atoms with Gasteiger partial charge in [-0.1, -0.05) is 59.6 Å². The van der Waals surface area contributed by atoms with Crippen LogP contribution in [0.3, 0.4) is 0 Å². The summed E-state index contributed by atoms with van der Waals surface area (Å²) in [6.45, 7) is 4.28. The molecule has 1 aliphatic rings. The van der Waals surface area contributed by atoms with E-state index < -0.39 is 0 Å². The van der Waals surface area contributed by atoms with Gasteiger partial charge in [0.1, 0.15) is 24.8 Å². The Balaban J connectivity index is 0.000000181. The minimum atomic E-state index is -0.375. The molecule has 0 fully saturated rings. The molecule has 3 heterocycles. The number of benzene rings is 2. The molecule has 2 unspecified atom stereocenters. The van der Waals surface area contributed by atoms with Crippen molar-refractivity contribution in [1.29, 1.82) is 0 Å². The number of aliphatic hydroxyl groups is 2. The van der Waals surface area contributed by atoms with E-state index in [9.17, 15) is 0 Å². The minimum Gasteiger partial charge on any atom is -0.393 e. The SMILES string of the molecule is CC(O)CC(C)O.[Ir].c1ccc(-c2ccncn2)cc1.c1ccc2c(c1)C[n+]1cnccc1-2. The second kappa shape index (κ2) is 13.7. The summed E-state index contributed by atoms with van der Waals surface area (Å²) in [5.41, 5.74) is 6.08. The average Bonchev–Trinajstić information content (AvgIpc) is 3.19. The first-order chi connectivity index (χ1) is 15.5. The van der Waals surface area contributed by atoms with Gasteiger partial charge < -0.3 is 10.2 Å². The molecule has 7 heteroatoms. The molecule has 33 heavy (non-hydrogen) atoms. The van der Waals surface area contributed by atoms with E-state index in [2.05, 4.69) is 49.9 Å². The predicted molar refractivity (Wildman–Crippen MR) is 124 cm³/mol. The van der Waals surface area contributed by atoms with Gasteiger partial charge in [-0.05, 0) is 26.3 Å². The first-order valence-corrected chi connectivity index (χ1v) is 10.6. The van der Waals surface area contributed by atoms with Crippen molar-refractivity contribution in [3.63, 3.8) is 0 Å². The van der Waals surface area contributed by atoms with Crippen LogP contribution in [0.4, 0.5) is 0 Å². The Morgan fingerprint density at radius 1 is 0.848 bits per heavy atom. The smallest absolute Gasteiger partial charge is 0.286 e. The molecule has 2 atom stereocenters. The van der Waals surface area contributed by atoms with Gasteiger partial charge in [-0.25, -0.2) is 14.5 Å². The van der Waals surface area contributed by atoms with Crippen LogP contribution in [0.1, 0.15) is 25.8 Å². The van der Waals surface area contributed by atoms with Crippen molar-refractivity contribution in [1.82, 2.24) is 15.0 Å². The molecule has 0 bridgehead atoms. The van der Waals surface area contributed by atoms with Crippen LogP contribution in [-0.4, -0.2) is 37.4 Å². The second-order valence-electron chi connectivity index (χ2n) is 7.64. The van der Waals surface area contributed by atoms with Crippen LogP contribution in [-0.2, 0) is 26.7 Å². The van der Waals surface area contributed by atoms with Gasteiger partial charge in [0.25, 0.3) is 6.33 Å². The monoisotopic (exact) mass is 622 g/mol. The number of hydrogen-bond donors (Lipinski definition) is 2. The molecule has 6 nitrogen and oxygen atoms in total. The molecular formula is C26H29IrN4O2+. The maximum absolute atomic E-state index is 8.56. The molecular weight excluding hydrogens is 593 g/mol. The van der Waals surface area contributed by atoms with Crippen molar-refractivity contribution in [2.24, 2.45) is 0 Å². The fraction of sp³-hybridized carbons (Fsp3) is 0.231. The van der Waals surface area contributed by atoms with E-state index in [1.807, 2.05) is 48.9 Å². The molecule has 173 valence electrons. The summed E-state index contributed by atoms with van der Waals surface area (Å²) in [7, 11) is 0. The van der Waals surface area contributed by atoms with E-state index in [1.54, 1.807) is 26.4 Å². The number of nitrogens with zero attached hydrogens (tertiary/aromatic N) is 4.